The maximum Gasteiger partial charge on any atom is 0.235 e. The van der Waals surface area contributed by atoms with E-state index in [1.54, 1.807) is 12.2 Å². The van der Waals surface area contributed by atoms with Crippen molar-refractivity contribution in [2.75, 3.05) is 0 Å². The maximum absolute atomic E-state index is 10.1. The molecule has 0 rings (SSSR count). The molecule has 4 nitrogen and oxygen atoms in total. The van der Waals surface area contributed by atoms with Gasteiger partial charge in [0, 0.05) is 0 Å². The molecule has 2 atom stereocenters. The second-order valence-corrected chi connectivity index (χ2v) is 3.50. The van der Waals surface area contributed by atoms with Gasteiger partial charge in [-0.05, 0) is 32.1 Å². The summed E-state index contributed by atoms with van der Waals surface area (Å²) in [5.41, 5.74) is 0. The molecule has 0 amide bonds. The smallest absolute Gasteiger partial charge is 0.211 e. The molecule has 0 aliphatic carbocycles. The summed E-state index contributed by atoms with van der Waals surface area (Å²) in [5, 5.41) is 0. The first kappa shape index (κ1) is 13.8. The molecule has 4 heteroatoms. The van der Waals surface area contributed by atoms with Gasteiger partial charge in [-0.1, -0.05) is 13.8 Å². The first-order valence-electron chi connectivity index (χ1n) is 5.42. The Hall–Kier alpha value is -1.24. The van der Waals surface area contributed by atoms with Crippen molar-refractivity contribution in [2.24, 2.45) is 9.98 Å². The molecule has 0 aromatic rings. The van der Waals surface area contributed by atoms with Crippen LogP contribution in [0.4, 0.5) is 0 Å². The van der Waals surface area contributed by atoms with Crippen LogP contribution >= 0.6 is 0 Å². The zero-order chi connectivity index (χ0) is 11.5. The fourth-order valence-corrected chi connectivity index (χ4v) is 1.46. The van der Waals surface area contributed by atoms with Gasteiger partial charge in [-0.3, -0.25) is 0 Å². The van der Waals surface area contributed by atoms with Crippen molar-refractivity contribution < 1.29 is 9.59 Å². The number of aliphatic imine (C=N–C) groups is 2. The Morgan fingerprint density at radius 1 is 0.933 bits per heavy atom. The van der Waals surface area contributed by atoms with Gasteiger partial charge in [0.15, 0.2) is 0 Å². The first-order valence-corrected chi connectivity index (χ1v) is 5.42. The second kappa shape index (κ2) is 9.32. The van der Waals surface area contributed by atoms with Crippen LogP contribution in [-0.4, -0.2) is 24.2 Å². The Kier molecular flexibility index (Phi) is 8.55. The van der Waals surface area contributed by atoms with E-state index in [9.17, 15) is 9.59 Å². The number of nitrogens with zero attached hydrogens (tertiary/aromatic N) is 2. The van der Waals surface area contributed by atoms with Crippen molar-refractivity contribution in [1.82, 2.24) is 0 Å². The van der Waals surface area contributed by atoms with Gasteiger partial charge < -0.3 is 0 Å². The third-order valence-electron chi connectivity index (χ3n) is 2.49. The minimum atomic E-state index is 0.0696. The molecule has 0 aliphatic rings. The normalized spacial score (nSPS) is 13.5. The summed E-state index contributed by atoms with van der Waals surface area (Å²) < 4.78 is 0. The topological polar surface area (TPSA) is 58.9 Å². The molecule has 84 valence electrons. The average Bonchev–Trinajstić information content (AvgIpc) is 2.26. The Morgan fingerprint density at radius 2 is 1.33 bits per heavy atom. The third-order valence-corrected chi connectivity index (χ3v) is 2.49. The van der Waals surface area contributed by atoms with Gasteiger partial charge in [-0.2, -0.15) is 0 Å². The lowest BCUT2D eigenvalue weighted by atomic mass is 10.0. The lowest BCUT2D eigenvalue weighted by Crippen LogP contribution is -2.06. The molecule has 0 aromatic carbocycles. The van der Waals surface area contributed by atoms with E-state index in [-0.39, 0.29) is 12.1 Å². The number of isocyanates is 2. The average molecular weight is 210 g/mol. The van der Waals surface area contributed by atoms with Crippen LogP contribution in [0.15, 0.2) is 9.98 Å². The summed E-state index contributed by atoms with van der Waals surface area (Å²) in [6.07, 6.45) is 7.51. The monoisotopic (exact) mass is 210 g/mol. The van der Waals surface area contributed by atoms with Gasteiger partial charge in [-0.25, -0.2) is 19.6 Å². The molecule has 2 unspecified atom stereocenters. The largest absolute Gasteiger partial charge is 0.235 e. The molecule has 0 radical (unpaired) electrons. The number of carbonyl (C=O) groups excluding carboxylic acids is 2. The molecule has 0 N–H and O–H groups in total. The highest BCUT2D eigenvalue weighted by Crippen LogP contribution is 2.12. The quantitative estimate of drug-likeness (QED) is 0.456. The van der Waals surface area contributed by atoms with Gasteiger partial charge in [0.1, 0.15) is 0 Å². The highest BCUT2D eigenvalue weighted by atomic mass is 16.1. The molecular formula is C11H18N2O2. The summed E-state index contributed by atoms with van der Waals surface area (Å²) in [6.45, 7) is 3.98. The zero-order valence-corrected chi connectivity index (χ0v) is 9.40. The van der Waals surface area contributed by atoms with E-state index < -0.39 is 0 Å². The van der Waals surface area contributed by atoms with E-state index in [4.69, 9.17) is 0 Å². The molecule has 0 saturated heterocycles. The van der Waals surface area contributed by atoms with Gasteiger partial charge >= 0.3 is 0 Å². The summed E-state index contributed by atoms with van der Waals surface area (Å²) in [7, 11) is 0. The zero-order valence-electron chi connectivity index (χ0n) is 9.40. The van der Waals surface area contributed by atoms with Gasteiger partial charge in [0.05, 0.1) is 12.1 Å². The highest BCUT2D eigenvalue weighted by molar-refractivity contribution is 5.33. The molecule has 0 spiro atoms. The molecule has 0 bridgehead atoms. The molecular weight excluding hydrogens is 192 g/mol. The van der Waals surface area contributed by atoms with E-state index >= 15 is 0 Å². The van der Waals surface area contributed by atoms with Crippen molar-refractivity contribution >= 4 is 12.2 Å². The van der Waals surface area contributed by atoms with Crippen LogP contribution in [0, 0.1) is 0 Å². The van der Waals surface area contributed by atoms with Crippen LogP contribution in [0.1, 0.15) is 46.0 Å². The Morgan fingerprint density at radius 3 is 1.60 bits per heavy atom. The van der Waals surface area contributed by atoms with Crippen molar-refractivity contribution in [2.45, 2.75) is 58.0 Å². The van der Waals surface area contributed by atoms with E-state index in [1.807, 2.05) is 13.8 Å². The molecule has 0 aliphatic heterocycles. The SMILES string of the molecule is CCC(CCCC(CC)N=C=O)N=C=O. The number of rotatable bonds is 8. The van der Waals surface area contributed by atoms with Crippen LogP contribution < -0.4 is 0 Å². The van der Waals surface area contributed by atoms with Crippen LogP contribution in [0.3, 0.4) is 0 Å². The van der Waals surface area contributed by atoms with Crippen molar-refractivity contribution in [3.05, 3.63) is 0 Å². The Bertz CT molecular complexity index is 227. The van der Waals surface area contributed by atoms with Gasteiger partial charge in [0.2, 0.25) is 12.2 Å². The van der Waals surface area contributed by atoms with E-state index in [2.05, 4.69) is 9.98 Å². The summed E-state index contributed by atoms with van der Waals surface area (Å²) in [5.74, 6) is 0. The van der Waals surface area contributed by atoms with Gasteiger partial charge in [-0.15, -0.1) is 0 Å². The van der Waals surface area contributed by atoms with E-state index in [0.29, 0.717) is 0 Å². The number of hydrogen-bond acceptors (Lipinski definition) is 4. The van der Waals surface area contributed by atoms with E-state index in [1.165, 1.54) is 0 Å². The minimum Gasteiger partial charge on any atom is -0.211 e. The minimum absolute atomic E-state index is 0.0696. The first-order chi connectivity index (χ1) is 7.28. The van der Waals surface area contributed by atoms with Gasteiger partial charge in [0.25, 0.3) is 0 Å². The van der Waals surface area contributed by atoms with Crippen LogP contribution in [0.5, 0.6) is 0 Å². The fourth-order valence-electron chi connectivity index (χ4n) is 1.46. The van der Waals surface area contributed by atoms with Crippen molar-refractivity contribution in [3.8, 4) is 0 Å². The van der Waals surface area contributed by atoms with Crippen LogP contribution in [0.25, 0.3) is 0 Å². The van der Waals surface area contributed by atoms with Crippen molar-refractivity contribution in [1.29, 1.82) is 0 Å². The fraction of sp³-hybridized carbons (Fsp3) is 0.818. The maximum atomic E-state index is 10.1. The molecule has 0 fully saturated rings. The molecule has 0 heterocycles. The molecule has 0 saturated carbocycles. The third kappa shape index (κ3) is 6.78. The summed E-state index contributed by atoms with van der Waals surface area (Å²) in [4.78, 5) is 27.5. The summed E-state index contributed by atoms with van der Waals surface area (Å²) >= 11 is 0. The second-order valence-electron chi connectivity index (χ2n) is 3.50. The van der Waals surface area contributed by atoms with Crippen LogP contribution in [0.2, 0.25) is 0 Å². The molecule has 0 aromatic heterocycles. The Balaban J connectivity index is 3.84. The highest BCUT2D eigenvalue weighted by Gasteiger charge is 2.07. The molecule has 15 heavy (non-hydrogen) atoms. The number of hydrogen-bond donors (Lipinski definition) is 0. The standard InChI is InChI=1S/C11H18N2O2/c1-3-10(12-8-14)6-5-7-11(4-2)13-9-15/h10-11H,3-7H2,1-2H3. The Labute approximate surface area is 90.5 Å². The predicted octanol–water partition coefficient (Wildman–Crippen LogP) is 2.39. The van der Waals surface area contributed by atoms with E-state index in [0.717, 1.165) is 32.1 Å². The summed E-state index contributed by atoms with van der Waals surface area (Å²) in [6, 6.07) is 0.139. The lowest BCUT2D eigenvalue weighted by molar-refractivity contribution is 0.493. The lowest BCUT2D eigenvalue weighted by Gasteiger charge is -2.10. The predicted molar refractivity (Wildman–Crippen MR) is 58.3 cm³/mol. The van der Waals surface area contributed by atoms with Crippen molar-refractivity contribution in [3.63, 3.8) is 0 Å². The van der Waals surface area contributed by atoms with Crippen LogP contribution in [-0.2, 0) is 9.59 Å².